The van der Waals surface area contributed by atoms with Crippen LogP contribution in [0.15, 0.2) is 30.3 Å². The molecule has 1 aromatic carbocycles. The summed E-state index contributed by atoms with van der Waals surface area (Å²) in [5.41, 5.74) is 7.36. The van der Waals surface area contributed by atoms with Crippen molar-refractivity contribution in [2.45, 2.75) is 38.1 Å². The lowest BCUT2D eigenvalue weighted by molar-refractivity contribution is 0.192. The van der Waals surface area contributed by atoms with Crippen molar-refractivity contribution in [2.75, 3.05) is 13.7 Å². The molecule has 0 saturated heterocycles. The topological polar surface area (TPSA) is 35.2 Å². The van der Waals surface area contributed by atoms with Gasteiger partial charge in [-0.3, -0.25) is 0 Å². The molecule has 0 aliphatic carbocycles. The van der Waals surface area contributed by atoms with Crippen LogP contribution in [0.1, 0.15) is 43.7 Å². The van der Waals surface area contributed by atoms with Gasteiger partial charge in [0.25, 0.3) is 0 Å². The van der Waals surface area contributed by atoms with Gasteiger partial charge in [0, 0.05) is 19.8 Å². The van der Waals surface area contributed by atoms with Crippen molar-refractivity contribution in [3.05, 3.63) is 35.9 Å². The van der Waals surface area contributed by atoms with Crippen LogP contribution in [-0.2, 0) is 4.74 Å². The average molecular weight is 221 g/mol. The molecule has 2 heteroatoms. The second-order valence-electron chi connectivity index (χ2n) is 4.21. The minimum atomic E-state index is 0.198. The molecule has 0 aliphatic heterocycles. The number of benzene rings is 1. The number of hydrogen-bond acceptors (Lipinski definition) is 2. The van der Waals surface area contributed by atoms with E-state index in [0.29, 0.717) is 0 Å². The van der Waals surface area contributed by atoms with Gasteiger partial charge in [0.1, 0.15) is 0 Å². The van der Waals surface area contributed by atoms with E-state index in [-0.39, 0.29) is 6.04 Å². The molecule has 0 radical (unpaired) electrons. The van der Waals surface area contributed by atoms with Gasteiger partial charge in [-0.15, -0.1) is 0 Å². The molecule has 0 aliphatic rings. The first-order chi connectivity index (χ1) is 7.84. The SMILES string of the molecule is COCCCCCCC(N)c1ccccc1. The van der Waals surface area contributed by atoms with Crippen LogP contribution in [0, 0.1) is 0 Å². The second kappa shape index (κ2) is 8.31. The monoisotopic (exact) mass is 221 g/mol. The number of hydrogen-bond donors (Lipinski definition) is 1. The number of nitrogens with two attached hydrogens (primary N) is 1. The Morgan fingerprint density at radius 1 is 1.06 bits per heavy atom. The van der Waals surface area contributed by atoms with Crippen molar-refractivity contribution in [3.63, 3.8) is 0 Å². The Labute approximate surface area is 98.8 Å². The highest BCUT2D eigenvalue weighted by molar-refractivity contribution is 5.18. The van der Waals surface area contributed by atoms with Crippen LogP contribution in [0.4, 0.5) is 0 Å². The van der Waals surface area contributed by atoms with Crippen LogP contribution < -0.4 is 5.73 Å². The van der Waals surface area contributed by atoms with Crippen LogP contribution in [0.5, 0.6) is 0 Å². The highest BCUT2D eigenvalue weighted by Gasteiger charge is 2.03. The molecule has 1 aromatic rings. The minimum absolute atomic E-state index is 0.198. The van der Waals surface area contributed by atoms with Gasteiger partial charge in [0.15, 0.2) is 0 Å². The summed E-state index contributed by atoms with van der Waals surface area (Å²) < 4.78 is 5.01. The van der Waals surface area contributed by atoms with Gasteiger partial charge < -0.3 is 10.5 Å². The van der Waals surface area contributed by atoms with E-state index in [1.807, 2.05) is 18.2 Å². The molecule has 1 rings (SSSR count). The third-order valence-corrected chi connectivity index (χ3v) is 2.84. The van der Waals surface area contributed by atoms with Crippen LogP contribution in [-0.4, -0.2) is 13.7 Å². The molecule has 16 heavy (non-hydrogen) atoms. The zero-order valence-corrected chi connectivity index (χ0v) is 10.2. The summed E-state index contributed by atoms with van der Waals surface area (Å²) in [6.45, 7) is 0.880. The third kappa shape index (κ3) is 5.29. The van der Waals surface area contributed by atoms with E-state index in [0.717, 1.165) is 19.4 Å². The molecule has 1 atom stereocenters. The fraction of sp³-hybridized carbons (Fsp3) is 0.571. The lowest BCUT2D eigenvalue weighted by Gasteiger charge is -2.11. The van der Waals surface area contributed by atoms with E-state index in [1.165, 1.54) is 24.8 Å². The van der Waals surface area contributed by atoms with Crippen LogP contribution >= 0.6 is 0 Å². The Morgan fingerprint density at radius 3 is 2.44 bits per heavy atom. The number of methoxy groups -OCH3 is 1. The highest BCUT2D eigenvalue weighted by atomic mass is 16.5. The van der Waals surface area contributed by atoms with Gasteiger partial charge in [0.05, 0.1) is 0 Å². The largest absolute Gasteiger partial charge is 0.385 e. The quantitative estimate of drug-likeness (QED) is 0.684. The summed E-state index contributed by atoms with van der Waals surface area (Å²) in [5.74, 6) is 0. The summed E-state index contributed by atoms with van der Waals surface area (Å²) >= 11 is 0. The van der Waals surface area contributed by atoms with E-state index < -0.39 is 0 Å². The summed E-state index contributed by atoms with van der Waals surface area (Å²) in [5, 5.41) is 0. The molecule has 0 spiro atoms. The zero-order chi connectivity index (χ0) is 11.6. The predicted octanol–water partition coefficient (Wildman–Crippen LogP) is 3.28. The van der Waals surface area contributed by atoms with Crippen molar-refractivity contribution in [3.8, 4) is 0 Å². The Morgan fingerprint density at radius 2 is 1.75 bits per heavy atom. The van der Waals surface area contributed by atoms with Crippen molar-refractivity contribution in [2.24, 2.45) is 5.73 Å². The van der Waals surface area contributed by atoms with E-state index in [1.54, 1.807) is 7.11 Å². The van der Waals surface area contributed by atoms with Gasteiger partial charge >= 0.3 is 0 Å². The summed E-state index contributed by atoms with van der Waals surface area (Å²) in [4.78, 5) is 0. The van der Waals surface area contributed by atoms with E-state index in [9.17, 15) is 0 Å². The van der Waals surface area contributed by atoms with Gasteiger partial charge in [0.2, 0.25) is 0 Å². The molecule has 0 amide bonds. The molecular weight excluding hydrogens is 198 g/mol. The van der Waals surface area contributed by atoms with Crippen LogP contribution in [0.2, 0.25) is 0 Å². The summed E-state index contributed by atoms with van der Waals surface area (Å²) in [6, 6.07) is 10.5. The maximum absolute atomic E-state index is 6.11. The zero-order valence-electron chi connectivity index (χ0n) is 10.2. The first kappa shape index (κ1) is 13.2. The van der Waals surface area contributed by atoms with Gasteiger partial charge in [-0.05, 0) is 18.4 Å². The molecule has 0 saturated carbocycles. The standard InChI is InChI=1S/C14H23NO/c1-16-12-8-3-2-7-11-14(15)13-9-5-4-6-10-13/h4-6,9-10,14H,2-3,7-8,11-12,15H2,1H3. The van der Waals surface area contributed by atoms with Crippen LogP contribution in [0.25, 0.3) is 0 Å². The Kier molecular flexibility index (Phi) is 6.86. The lowest BCUT2D eigenvalue weighted by Crippen LogP contribution is -2.09. The van der Waals surface area contributed by atoms with Crippen molar-refractivity contribution in [1.29, 1.82) is 0 Å². The maximum atomic E-state index is 6.11. The molecule has 0 fully saturated rings. The minimum Gasteiger partial charge on any atom is -0.385 e. The predicted molar refractivity (Wildman–Crippen MR) is 68.3 cm³/mol. The first-order valence-corrected chi connectivity index (χ1v) is 6.14. The smallest absolute Gasteiger partial charge is 0.0462 e. The number of rotatable bonds is 8. The normalized spacial score (nSPS) is 12.6. The number of ether oxygens (including phenoxy) is 1. The van der Waals surface area contributed by atoms with E-state index >= 15 is 0 Å². The lowest BCUT2D eigenvalue weighted by atomic mass is 10.0. The summed E-state index contributed by atoms with van der Waals surface area (Å²) in [6.07, 6.45) is 5.95. The fourth-order valence-corrected chi connectivity index (χ4v) is 1.83. The second-order valence-corrected chi connectivity index (χ2v) is 4.21. The Bertz CT molecular complexity index is 261. The summed E-state index contributed by atoms with van der Waals surface area (Å²) in [7, 11) is 1.76. The van der Waals surface area contributed by atoms with Gasteiger partial charge in [-0.1, -0.05) is 49.6 Å². The van der Waals surface area contributed by atoms with E-state index in [4.69, 9.17) is 10.5 Å². The van der Waals surface area contributed by atoms with Crippen molar-refractivity contribution < 1.29 is 4.74 Å². The van der Waals surface area contributed by atoms with Crippen molar-refractivity contribution >= 4 is 0 Å². The first-order valence-electron chi connectivity index (χ1n) is 6.14. The molecular formula is C14H23NO. The molecule has 0 bridgehead atoms. The number of unbranched alkanes of at least 4 members (excludes halogenated alkanes) is 3. The molecule has 2 N–H and O–H groups in total. The maximum Gasteiger partial charge on any atom is 0.0462 e. The molecule has 0 heterocycles. The van der Waals surface area contributed by atoms with E-state index in [2.05, 4.69) is 12.1 Å². The fourth-order valence-electron chi connectivity index (χ4n) is 1.83. The van der Waals surface area contributed by atoms with Crippen LogP contribution in [0.3, 0.4) is 0 Å². The third-order valence-electron chi connectivity index (χ3n) is 2.84. The Hall–Kier alpha value is -0.860. The van der Waals surface area contributed by atoms with Gasteiger partial charge in [-0.25, -0.2) is 0 Å². The van der Waals surface area contributed by atoms with Crippen molar-refractivity contribution in [1.82, 2.24) is 0 Å². The molecule has 2 nitrogen and oxygen atoms in total. The molecule has 0 aromatic heterocycles. The highest BCUT2D eigenvalue weighted by Crippen LogP contribution is 2.17. The van der Waals surface area contributed by atoms with Gasteiger partial charge in [-0.2, -0.15) is 0 Å². The average Bonchev–Trinajstić information content (AvgIpc) is 2.34. The Balaban J connectivity index is 2.09. The molecule has 90 valence electrons. The molecule has 1 unspecified atom stereocenters.